The molecule has 0 amide bonds. The van der Waals surface area contributed by atoms with Crippen molar-refractivity contribution in [1.82, 2.24) is 0 Å². The zero-order chi connectivity index (χ0) is 48.9. The number of terminal acetylenes is 1. The molecule has 5 rings (SSSR count). The van der Waals surface area contributed by atoms with Crippen molar-refractivity contribution in [3.63, 3.8) is 0 Å². The average molecular weight is 868 g/mol. The fourth-order valence-electron chi connectivity index (χ4n) is 5.06. The van der Waals surface area contributed by atoms with Crippen molar-refractivity contribution >= 4 is 11.6 Å². The summed E-state index contributed by atoms with van der Waals surface area (Å²) in [5.74, 6) is 44.2. The van der Waals surface area contributed by atoms with E-state index in [0.717, 1.165) is 33.2 Å². The van der Waals surface area contributed by atoms with Crippen LogP contribution in [-0.4, -0.2) is 0 Å². The van der Waals surface area contributed by atoms with Crippen LogP contribution in [0, 0.1) is 114 Å². The first kappa shape index (κ1) is 61.9. The first-order valence-electron chi connectivity index (χ1n) is 21.9. The number of aryl methyl sites for hydroxylation is 1. The maximum absolute atomic E-state index is 5.66. The molecule has 4 aromatic rings. The molecular formula is C63H75Cl. The standard InChI is InChI=1S/C13H16.C10H10.C9H7Cl.C9H14.C9H8.C6H10.C4H6.C3H4/c1-5-6-11-7-9-12(10-8-11)13(2,3)4;1-3-4-10-7-5-9(2)6-8-10;1-2-3-8-4-6-9(10)7-5-8;2*1-2-6-9-7-4-3-5-8-9;1-4-5-6(2)3;1-3-4-2;1-3-2/h7-10H,1-4H3;5-8H,1-2H3;4-7H,1H3;9H,3-5,7-8H2,1H3;3-5,7-8H,1H3;6H,1-3H3;1-2H3;1H,2H3. The largest absolute Gasteiger partial charge is 0.120 e. The molecule has 0 atom stereocenters. The predicted molar refractivity (Wildman–Crippen MR) is 286 cm³/mol. The highest BCUT2D eigenvalue weighted by Crippen LogP contribution is 2.23. The Kier molecular flexibility index (Phi) is 41.9. The monoisotopic (exact) mass is 867 g/mol. The van der Waals surface area contributed by atoms with Gasteiger partial charge in [-0.05, 0) is 154 Å². The van der Waals surface area contributed by atoms with Crippen molar-refractivity contribution in [1.29, 1.82) is 0 Å². The summed E-state index contributed by atoms with van der Waals surface area (Å²) in [6, 6.07) is 34.1. The van der Waals surface area contributed by atoms with Crippen LogP contribution in [0.1, 0.15) is 162 Å². The van der Waals surface area contributed by atoms with Crippen LogP contribution in [0.5, 0.6) is 0 Å². The second kappa shape index (κ2) is 43.3. The molecule has 0 spiro atoms. The van der Waals surface area contributed by atoms with Gasteiger partial charge in [0.2, 0.25) is 0 Å². The maximum atomic E-state index is 5.66. The van der Waals surface area contributed by atoms with Gasteiger partial charge in [0.25, 0.3) is 0 Å². The van der Waals surface area contributed by atoms with Crippen LogP contribution in [0.4, 0.5) is 0 Å². The van der Waals surface area contributed by atoms with Crippen LogP contribution in [0.25, 0.3) is 0 Å². The Morgan fingerprint density at radius 1 is 0.500 bits per heavy atom. The summed E-state index contributed by atoms with van der Waals surface area (Å²) in [5.41, 5.74) is 7.14. The maximum Gasteiger partial charge on any atom is 0.0406 e. The number of hydrogen-bond donors (Lipinski definition) is 0. The molecular weight excluding hydrogens is 792 g/mol. The Morgan fingerprint density at radius 2 is 0.875 bits per heavy atom. The molecule has 1 aliphatic rings. The minimum Gasteiger partial charge on any atom is -0.120 e. The van der Waals surface area contributed by atoms with E-state index in [4.69, 9.17) is 11.6 Å². The van der Waals surface area contributed by atoms with Gasteiger partial charge in [-0.25, -0.2) is 0 Å². The highest BCUT2D eigenvalue weighted by molar-refractivity contribution is 6.30. The second-order valence-electron chi connectivity index (χ2n) is 15.1. The van der Waals surface area contributed by atoms with Crippen molar-refractivity contribution in [2.75, 3.05) is 0 Å². The number of hydrogen-bond acceptors (Lipinski definition) is 0. The van der Waals surface area contributed by atoms with Gasteiger partial charge in [0, 0.05) is 39.1 Å². The fourth-order valence-corrected chi connectivity index (χ4v) is 5.19. The van der Waals surface area contributed by atoms with Crippen LogP contribution < -0.4 is 0 Å². The second-order valence-corrected chi connectivity index (χ2v) is 15.6. The molecule has 1 saturated carbocycles. The highest BCUT2D eigenvalue weighted by Gasteiger charge is 2.12. The van der Waals surface area contributed by atoms with Crippen LogP contribution in [0.2, 0.25) is 5.02 Å². The van der Waals surface area contributed by atoms with E-state index in [1.165, 1.54) is 43.2 Å². The van der Waals surface area contributed by atoms with Crippen molar-refractivity contribution in [2.45, 2.75) is 141 Å². The van der Waals surface area contributed by atoms with Gasteiger partial charge < -0.3 is 0 Å². The summed E-state index contributed by atoms with van der Waals surface area (Å²) in [6.45, 7) is 29.3. The molecule has 0 aliphatic heterocycles. The van der Waals surface area contributed by atoms with Crippen molar-refractivity contribution in [3.05, 3.63) is 142 Å². The quantitative estimate of drug-likeness (QED) is 0.155. The molecule has 0 N–H and O–H groups in total. The number of rotatable bonds is 0. The van der Waals surface area contributed by atoms with Gasteiger partial charge >= 0.3 is 0 Å². The van der Waals surface area contributed by atoms with E-state index in [0.29, 0.717) is 5.92 Å². The lowest BCUT2D eigenvalue weighted by Gasteiger charge is -2.18. The SMILES string of the molecule is C#CC.CC#CC.CC#CC(C)C.CC#CC1CCCCC1.CC#Cc1ccc(C(C)(C)C)cc1.CC#Cc1ccc(C)cc1.CC#Cc1ccc(Cl)cc1.CC#Cc1ccccc1. The first-order valence-corrected chi connectivity index (χ1v) is 22.3. The van der Waals surface area contributed by atoms with E-state index in [1.54, 1.807) is 6.92 Å². The lowest BCUT2D eigenvalue weighted by Crippen LogP contribution is -2.10. The molecule has 0 radical (unpaired) electrons. The summed E-state index contributed by atoms with van der Waals surface area (Å²) in [5, 5.41) is 0.752. The van der Waals surface area contributed by atoms with Gasteiger partial charge in [0.15, 0.2) is 0 Å². The third-order valence-corrected chi connectivity index (χ3v) is 8.39. The summed E-state index contributed by atoms with van der Waals surface area (Å²) in [7, 11) is 0. The van der Waals surface area contributed by atoms with Gasteiger partial charge in [-0.3, -0.25) is 0 Å². The zero-order valence-electron chi connectivity index (χ0n) is 42.0. The van der Waals surface area contributed by atoms with E-state index in [9.17, 15) is 0 Å². The lowest BCUT2D eigenvalue weighted by molar-refractivity contribution is 0.430. The molecule has 0 bridgehead atoms. The van der Waals surface area contributed by atoms with Crippen molar-refractivity contribution in [2.24, 2.45) is 11.8 Å². The van der Waals surface area contributed by atoms with Crippen LogP contribution in [0.15, 0.2) is 103 Å². The summed E-state index contributed by atoms with van der Waals surface area (Å²) in [4.78, 5) is 0. The third-order valence-electron chi connectivity index (χ3n) is 8.13. The van der Waals surface area contributed by atoms with Gasteiger partial charge in [0.05, 0.1) is 0 Å². The van der Waals surface area contributed by atoms with E-state index in [2.05, 4.69) is 173 Å². The predicted octanol–water partition coefficient (Wildman–Crippen LogP) is 16.4. The Labute approximate surface area is 399 Å². The molecule has 1 aliphatic carbocycles. The molecule has 4 aromatic carbocycles. The molecule has 0 nitrogen and oxygen atoms in total. The van der Waals surface area contributed by atoms with Gasteiger partial charge in [-0.15, -0.1) is 71.5 Å². The van der Waals surface area contributed by atoms with Gasteiger partial charge in [-0.2, -0.15) is 0 Å². The number of halogens is 1. The number of benzene rings is 4. The average Bonchev–Trinajstić information content (AvgIpc) is 3.28. The molecule has 0 saturated heterocycles. The smallest absolute Gasteiger partial charge is 0.0406 e. The molecule has 1 heteroatoms. The summed E-state index contributed by atoms with van der Waals surface area (Å²) < 4.78 is 0. The Bertz CT molecular complexity index is 2200. The van der Waals surface area contributed by atoms with Gasteiger partial charge in [-0.1, -0.05) is 137 Å². The summed E-state index contributed by atoms with van der Waals surface area (Å²) in [6.07, 6.45) is 11.5. The summed E-state index contributed by atoms with van der Waals surface area (Å²) >= 11 is 5.66. The molecule has 0 heterocycles. The van der Waals surface area contributed by atoms with Crippen molar-refractivity contribution < 1.29 is 0 Å². The third kappa shape index (κ3) is 39.8. The highest BCUT2D eigenvalue weighted by atomic mass is 35.5. The van der Waals surface area contributed by atoms with Crippen molar-refractivity contribution in [3.8, 4) is 95.2 Å². The van der Waals surface area contributed by atoms with E-state index in [1.807, 2.05) is 122 Å². The fraction of sp³-hybridized carbons (Fsp3) is 0.365. The minimum atomic E-state index is 0.234. The van der Waals surface area contributed by atoms with Gasteiger partial charge in [0.1, 0.15) is 0 Å². The zero-order valence-corrected chi connectivity index (χ0v) is 42.7. The normalized spacial score (nSPS) is 9.69. The lowest BCUT2D eigenvalue weighted by atomic mass is 9.87. The molecule has 0 aromatic heterocycles. The molecule has 1 fully saturated rings. The van der Waals surface area contributed by atoms with E-state index < -0.39 is 0 Å². The Hall–Kier alpha value is -6.35. The minimum absolute atomic E-state index is 0.234. The van der Waals surface area contributed by atoms with Crippen LogP contribution in [0.3, 0.4) is 0 Å². The van der Waals surface area contributed by atoms with Crippen LogP contribution >= 0.6 is 11.6 Å². The topological polar surface area (TPSA) is 0 Å². The van der Waals surface area contributed by atoms with E-state index in [-0.39, 0.29) is 5.41 Å². The molecule has 334 valence electrons. The molecule has 0 unspecified atom stereocenters. The Balaban J connectivity index is -0.000000684. The molecule has 64 heavy (non-hydrogen) atoms. The first-order chi connectivity index (χ1) is 30.7. The van der Waals surface area contributed by atoms with E-state index >= 15 is 0 Å². The Morgan fingerprint density at radius 3 is 1.19 bits per heavy atom. The van der Waals surface area contributed by atoms with Crippen LogP contribution in [-0.2, 0) is 5.41 Å².